The summed E-state index contributed by atoms with van der Waals surface area (Å²) in [5, 5.41) is 49.7. The quantitative estimate of drug-likeness (QED) is 0.0435. The van der Waals surface area contributed by atoms with Gasteiger partial charge in [-0.05, 0) is 201 Å². The van der Waals surface area contributed by atoms with E-state index in [4.69, 9.17) is 63.1 Å². The first-order valence-corrected chi connectivity index (χ1v) is 35.7. The topological polar surface area (TPSA) is 338 Å². The van der Waals surface area contributed by atoms with Crippen LogP contribution >= 0.6 is 64.8 Å². The molecule has 572 valence electrons. The van der Waals surface area contributed by atoms with E-state index in [1.807, 2.05) is 189 Å². The maximum absolute atomic E-state index is 12.0. The van der Waals surface area contributed by atoms with Crippen molar-refractivity contribution in [1.29, 1.82) is 0 Å². The Balaban J connectivity index is 0.000000200. The van der Waals surface area contributed by atoms with E-state index in [0.29, 0.717) is 46.2 Å². The summed E-state index contributed by atoms with van der Waals surface area (Å²) in [6.45, 7) is 23.2. The minimum Gasteiger partial charge on any atom is -0.496 e. The molecular formula is C74H91BrN26O4S4. The van der Waals surface area contributed by atoms with Crippen molar-refractivity contribution in [2.45, 2.75) is 103 Å². The molecule has 0 unspecified atom stereocenters. The molecule has 0 saturated heterocycles. The summed E-state index contributed by atoms with van der Waals surface area (Å²) in [5.41, 5.74) is 8.06. The fourth-order valence-electron chi connectivity index (χ4n) is 10.0. The van der Waals surface area contributed by atoms with Gasteiger partial charge in [-0.2, -0.15) is 15.3 Å². The number of benzene rings is 4. The van der Waals surface area contributed by atoms with Gasteiger partial charge in [0.1, 0.15) is 67.1 Å². The Morgan fingerprint density at radius 3 is 1.95 bits per heavy atom. The molecule has 0 bridgehead atoms. The minimum absolute atomic E-state index is 0. The number of aromatic nitrogens is 25. The van der Waals surface area contributed by atoms with Crippen molar-refractivity contribution in [3.05, 3.63) is 259 Å². The third-order valence-electron chi connectivity index (χ3n) is 15.4. The van der Waals surface area contributed by atoms with Crippen molar-refractivity contribution in [3.8, 4) is 51.4 Å². The van der Waals surface area contributed by atoms with Gasteiger partial charge < -0.3 is 42.8 Å². The molecule has 109 heavy (non-hydrogen) atoms. The Hall–Kier alpha value is -11.7. The lowest BCUT2D eigenvalue weighted by molar-refractivity contribution is 0.0949. The van der Waals surface area contributed by atoms with Gasteiger partial charge in [0.05, 0.1) is 19.3 Å². The van der Waals surface area contributed by atoms with Crippen LogP contribution in [0.25, 0.3) is 34.2 Å². The number of aryl methyl sites for hydroxylation is 11. The third kappa shape index (κ3) is 25.5. The molecule has 1 aliphatic heterocycles. The molecular weight excluding hydrogens is 1530 g/mol. The average molecular weight is 1620 g/mol. The Morgan fingerprint density at radius 1 is 0.679 bits per heavy atom. The number of carbonyl (C=O) groups is 1. The summed E-state index contributed by atoms with van der Waals surface area (Å²) in [7, 11) is 5.34. The Bertz CT molecular complexity index is 5290. The fourth-order valence-corrected chi connectivity index (χ4v) is 11.1. The minimum atomic E-state index is -0.0907. The lowest BCUT2D eigenvalue weighted by Gasteiger charge is -2.19. The zero-order chi connectivity index (χ0) is 76.8. The Kier molecular flexibility index (Phi) is 34.7. The second-order valence-corrected chi connectivity index (χ2v) is 25.6. The predicted octanol–water partition coefficient (Wildman–Crippen LogP) is 14.5. The molecule has 30 nitrogen and oxygen atoms in total. The van der Waals surface area contributed by atoms with Crippen LogP contribution in [0.15, 0.2) is 182 Å². The van der Waals surface area contributed by atoms with Crippen LogP contribution in [0.3, 0.4) is 0 Å². The standard InChI is InChI=1S/C16H14N4O2.C14H18N4O.C12H13BrN2OS.C11H12N4.C10H11N3S.2C3H5N3S.C3H5N3.2CH4/c1-11-18-19-16(12-4-6-17-7-5-12)20(11)13-2-3-14-15(10-13)22-9-8-21-14;1-4-18-11(3)16-17-13(18)9-15-14(19)12-7-5-6-10(2)8-12;1-16-11-3-2-10(13)8-9(11)4-6-15-7-5-14-12(15)17;1-3-7-15-9(2)13-14-11(15)10-5-4-6-12-8-10;1-7-4-3-5-9(6-7)13-8(2)11-12-10(13)14;1-6-2-4-5-3(6)7;1-6-3(7)4-2-5-6;1-3-4-2-5-6-3;;/h2-7,10H,8-9H2,1H3;5-8H,4,9H2,1-3H3,(H,15,19);2-3,5,7-8H,4,6H2,1H3,(H,14,17);3-6,8H,1,7H2,2H3;3-6H,1-2H3,(H,12,14);2H,1H3,(H,5,7);2H,1H3,(H,4,5,7);2H,1H3,(H,4,5,6);2*1H4. The van der Waals surface area contributed by atoms with Crippen molar-refractivity contribution >= 4 is 70.7 Å². The van der Waals surface area contributed by atoms with Crippen LogP contribution < -0.4 is 19.5 Å². The van der Waals surface area contributed by atoms with E-state index in [0.717, 1.165) is 121 Å². The number of nitrogens with one attached hydrogen (secondary N) is 6. The molecule has 1 aliphatic rings. The van der Waals surface area contributed by atoms with Gasteiger partial charge in [0.15, 0.2) is 43.3 Å². The summed E-state index contributed by atoms with van der Waals surface area (Å²) >= 11 is 23.2. The number of aromatic amines is 5. The van der Waals surface area contributed by atoms with Crippen molar-refractivity contribution in [3.63, 3.8) is 0 Å². The van der Waals surface area contributed by atoms with Gasteiger partial charge in [-0.1, -0.05) is 66.7 Å². The fraction of sp³-hybridized carbons (Fsp3) is 0.270. The van der Waals surface area contributed by atoms with Crippen LogP contribution in [-0.2, 0) is 46.7 Å². The van der Waals surface area contributed by atoms with E-state index in [1.54, 1.807) is 59.9 Å². The number of hydrogen-bond acceptors (Lipinski definition) is 21. The Labute approximate surface area is 661 Å². The molecule has 0 saturated carbocycles. The molecule has 0 radical (unpaired) electrons. The normalized spacial score (nSPS) is 10.5. The highest BCUT2D eigenvalue weighted by Crippen LogP contribution is 2.34. The van der Waals surface area contributed by atoms with Gasteiger partial charge in [-0.25, -0.2) is 9.97 Å². The molecule has 10 aromatic heterocycles. The van der Waals surface area contributed by atoms with Gasteiger partial charge in [0.25, 0.3) is 5.91 Å². The van der Waals surface area contributed by atoms with E-state index >= 15 is 0 Å². The maximum Gasteiger partial charge on any atom is 0.251 e. The number of nitrogens with zero attached hydrogens (tertiary/aromatic N) is 20. The van der Waals surface area contributed by atoms with Gasteiger partial charge in [0.2, 0.25) is 4.77 Å². The molecule has 6 N–H and O–H groups in total. The van der Waals surface area contributed by atoms with Crippen molar-refractivity contribution in [2.75, 3.05) is 20.3 Å². The Morgan fingerprint density at radius 2 is 1.39 bits per heavy atom. The number of carbonyl (C=O) groups excluding carboxylic acids is 1. The molecule has 0 fully saturated rings. The number of fused-ring (bicyclic) bond motifs is 1. The van der Waals surface area contributed by atoms with Crippen LogP contribution in [0.5, 0.6) is 17.2 Å². The predicted molar refractivity (Wildman–Crippen MR) is 435 cm³/mol. The molecule has 14 aromatic rings. The second kappa shape index (κ2) is 43.8. The van der Waals surface area contributed by atoms with Crippen LogP contribution in [0, 0.1) is 67.6 Å². The van der Waals surface area contributed by atoms with E-state index in [1.165, 1.54) is 17.5 Å². The number of hydrogen-bond donors (Lipinski definition) is 6. The number of H-pyrrole nitrogens is 5. The van der Waals surface area contributed by atoms with Crippen molar-refractivity contribution in [2.24, 2.45) is 14.1 Å². The molecule has 0 atom stereocenters. The number of ether oxygens (including phenoxy) is 3. The van der Waals surface area contributed by atoms with E-state index < -0.39 is 0 Å². The van der Waals surface area contributed by atoms with Gasteiger partial charge >= 0.3 is 0 Å². The average Bonchev–Trinajstić information content (AvgIpc) is 1.69. The highest BCUT2D eigenvalue weighted by Gasteiger charge is 2.18. The van der Waals surface area contributed by atoms with Crippen LogP contribution in [-0.4, -0.2) is 150 Å². The van der Waals surface area contributed by atoms with Crippen molar-refractivity contribution < 1.29 is 19.0 Å². The smallest absolute Gasteiger partial charge is 0.251 e. The summed E-state index contributed by atoms with van der Waals surface area (Å²) in [5.74, 6) is 9.01. The first-order chi connectivity index (χ1) is 51.7. The van der Waals surface area contributed by atoms with Crippen LogP contribution in [0.2, 0.25) is 0 Å². The molecule has 0 aliphatic carbocycles. The van der Waals surface area contributed by atoms with Crippen LogP contribution in [0.1, 0.15) is 83.8 Å². The highest BCUT2D eigenvalue weighted by atomic mass is 79.9. The third-order valence-corrected chi connectivity index (χ3v) is 17.3. The number of amides is 1. The first kappa shape index (κ1) is 86.3. The number of imidazole rings is 1. The van der Waals surface area contributed by atoms with Gasteiger partial charge in [-0.15, -0.1) is 37.2 Å². The monoisotopic (exact) mass is 1610 g/mol. The second-order valence-electron chi connectivity index (χ2n) is 23.1. The maximum atomic E-state index is 12.0. The van der Waals surface area contributed by atoms with E-state index in [-0.39, 0.29) is 20.8 Å². The summed E-state index contributed by atoms with van der Waals surface area (Å²) in [4.78, 5) is 30.6. The number of methoxy groups -OCH3 is 1. The summed E-state index contributed by atoms with van der Waals surface area (Å²) in [6, 6.07) is 35.2. The van der Waals surface area contributed by atoms with Gasteiger partial charge in [0, 0.05) is 104 Å². The molecule has 0 spiro atoms. The number of allylic oxidation sites excluding steroid dienone is 1. The first-order valence-electron chi connectivity index (χ1n) is 33.2. The SMILES string of the molecule is C.C.C=CCn1c(C)nnc1-c1cccnc1.CCn1c(C)nnc1CNC(=O)c1cccc(C)c1.COc1ccc(Br)cc1CCn1cc[nH]c1=S.Cc1cccc(-n2c(C)n[nH]c2=S)c1.Cc1ncn[nH]1.Cc1nnc(-c2ccncc2)n1-c1ccc2c(c1)OCCO2.Cn1[nH]cnc1=S.Cn1cn[nH]c1=S. The molecule has 35 heteroatoms. The number of rotatable bonds is 14. The highest BCUT2D eigenvalue weighted by molar-refractivity contribution is 9.10. The molecule has 11 heterocycles. The van der Waals surface area contributed by atoms with Gasteiger partial charge in [-0.3, -0.25) is 49.0 Å². The van der Waals surface area contributed by atoms with Crippen LogP contribution in [0.4, 0.5) is 0 Å². The largest absolute Gasteiger partial charge is 0.496 e. The zero-order valence-electron chi connectivity index (χ0n) is 60.9. The van der Waals surface area contributed by atoms with E-state index in [2.05, 4.69) is 144 Å². The van der Waals surface area contributed by atoms with Crippen molar-refractivity contribution in [1.82, 2.24) is 129 Å². The number of halogens is 1. The lowest BCUT2D eigenvalue weighted by atomic mass is 10.1. The van der Waals surface area contributed by atoms with E-state index in [9.17, 15) is 4.79 Å². The molecule has 1 amide bonds. The zero-order valence-corrected chi connectivity index (χ0v) is 65.8. The molecule has 4 aromatic carbocycles. The lowest BCUT2D eigenvalue weighted by Crippen LogP contribution is -2.24. The summed E-state index contributed by atoms with van der Waals surface area (Å²) in [6.07, 6.45) is 18.2. The molecule has 15 rings (SSSR count). The number of pyridine rings is 2. The summed E-state index contributed by atoms with van der Waals surface area (Å²) < 4.78 is 33.5.